The highest BCUT2D eigenvalue weighted by Gasteiger charge is 2.41. The van der Waals surface area contributed by atoms with Crippen LogP contribution in [0.15, 0.2) is 0 Å². The maximum atomic E-state index is 5.99. The van der Waals surface area contributed by atoms with Gasteiger partial charge in [-0.05, 0) is 45.1 Å². The Morgan fingerprint density at radius 1 is 1.12 bits per heavy atom. The van der Waals surface area contributed by atoms with Crippen LogP contribution in [0.25, 0.3) is 0 Å². The Morgan fingerprint density at radius 3 is 2.18 bits per heavy atom. The lowest BCUT2D eigenvalue weighted by atomic mass is 9.80. The molecule has 1 saturated heterocycles. The molecule has 5 atom stereocenters. The van der Waals surface area contributed by atoms with E-state index in [0.29, 0.717) is 30.1 Å². The fourth-order valence-corrected chi connectivity index (χ4v) is 3.20. The van der Waals surface area contributed by atoms with Crippen molar-refractivity contribution in [3.63, 3.8) is 0 Å². The Balaban J connectivity index is 2.67. The fraction of sp³-hybridized carbons (Fsp3) is 1.00. The summed E-state index contributed by atoms with van der Waals surface area (Å²) in [7, 11) is 0. The van der Waals surface area contributed by atoms with E-state index in [-0.39, 0.29) is 0 Å². The molecule has 1 heterocycles. The van der Waals surface area contributed by atoms with Gasteiger partial charge in [-0.2, -0.15) is 0 Å². The molecule has 0 bridgehead atoms. The van der Waals surface area contributed by atoms with Crippen molar-refractivity contribution in [3.05, 3.63) is 0 Å². The van der Waals surface area contributed by atoms with Crippen LogP contribution in [0.1, 0.15) is 54.4 Å². The van der Waals surface area contributed by atoms with Crippen LogP contribution in [0.2, 0.25) is 0 Å². The Bertz CT molecular complexity index is 217. The molecule has 1 aliphatic heterocycles. The van der Waals surface area contributed by atoms with Gasteiger partial charge in [0.15, 0.2) is 0 Å². The second kappa shape index (κ2) is 6.75. The predicted octanol–water partition coefficient (Wildman–Crippen LogP) is 3.46. The first-order valence-corrected chi connectivity index (χ1v) is 7.36. The topological polar surface area (TPSA) is 21.3 Å². The average Bonchev–Trinajstić information content (AvgIpc) is 2.48. The van der Waals surface area contributed by atoms with E-state index in [1.165, 1.54) is 12.8 Å². The van der Waals surface area contributed by atoms with Crippen molar-refractivity contribution in [2.45, 2.75) is 72.6 Å². The van der Waals surface area contributed by atoms with Gasteiger partial charge in [-0.3, -0.25) is 0 Å². The molecule has 0 spiro atoms. The van der Waals surface area contributed by atoms with Gasteiger partial charge in [0, 0.05) is 12.0 Å². The van der Waals surface area contributed by atoms with Gasteiger partial charge < -0.3 is 10.1 Å². The maximum Gasteiger partial charge on any atom is 0.0597 e. The van der Waals surface area contributed by atoms with E-state index in [2.05, 4.69) is 46.9 Å². The van der Waals surface area contributed by atoms with Crippen LogP contribution in [0.5, 0.6) is 0 Å². The molecule has 0 aromatic carbocycles. The number of nitrogens with one attached hydrogen (secondary N) is 1. The summed E-state index contributed by atoms with van der Waals surface area (Å²) in [4.78, 5) is 0. The average molecular weight is 241 g/mol. The Hall–Kier alpha value is -0.0800. The van der Waals surface area contributed by atoms with Crippen molar-refractivity contribution < 1.29 is 4.74 Å². The molecule has 0 radical (unpaired) electrons. The molecule has 0 amide bonds. The molecule has 1 rings (SSSR count). The summed E-state index contributed by atoms with van der Waals surface area (Å²) in [6.07, 6.45) is 3.27. The third kappa shape index (κ3) is 3.96. The molecule has 0 aromatic heterocycles. The fourth-order valence-electron chi connectivity index (χ4n) is 3.20. The van der Waals surface area contributed by atoms with Crippen molar-refractivity contribution >= 4 is 0 Å². The highest BCUT2D eigenvalue weighted by molar-refractivity contribution is 4.92. The van der Waals surface area contributed by atoms with Gasteiger partial charge in [-0.1, -0.05) is 27.7 Å². The first kappa shape index (κ1) is 15.0. The largest absolute Gasteiger partial charge is 0.375 e. The van der Waals surface area contributed by atoms with E-state index in [1.807, 2.05) is 0 Å². The standard InChI is InChI=1S/C15H31NO/c1-7-8-16-14(9-10(2)3)15-11(4)12(5)17-13(15)6/h10-16H,7-9H2,1-6H3. The summed E-state index contributed by atoms with van der Waals surface area (Å²) in [6, 6.07) is 0.616. The van der Waals surface area contributed by atoms with Gasteiger partial charge in [-0.15, -0.1) is 0 Å². The molecule has 1 N–H and O–H groups in total. The zero-order chi connectivity index (χ0) is 13.0. The molecule has 1 fully saturated rings. The van der Waals surface area contributed by atoms with Crippen LogP contribution in [0.3, 0.4) is 0 Å². The molecule has 5 unspecified atom stereocenters. The monoisotopic (exact) mass is 241 g/mol. The first-order valence-electron chi connectivity index (χ1n) is 7.36. The van der Waals surface area contributed by atoms with Crippen LogP contribution in [0.4, 0.5) is 0 Å². The molecule has 2 nitrogen and oxygen atoms in total. The molecule has 0 saturated carbocycles. The summed E-state index contributed by atoms with van der Waals surface area (Å²) in [5.41, 5.74) is 0. The van der Waals surface area contributed by atoms with E-state index in [1.54, 1.807) is 0 Å². The zero-order valence-corrected chi connectivity index (χ0v) is 12.5. The number of hydrogen-bond donors (Lipinski definition) is 1. The SMILES string of the molecule is CCCNC(CC(C)C)C1C(C)OC(C)C1C. The Labute approximate surface area is 108 Å². The molecule has 102 valence electrons. The quantitative estimate of drug-likeness (QED) is 0.769. The van der Waals surface area contributed by atoms with Gasteiger partial charge in [0.2, 0.25) is 0 Å². The predicted molar refractivity (Wildman–Crippen MR) is 74.2 cm³/mol. The Kier molecular flexibility index (Phi) is 5.94. The lowest BCUT2D eigenvalue weighted by molar-refractivity contribution is 0.0466. The Morgan fingerprint density at radius 2 is 1.76 bits per heavy atom. The molecule has 2 heteroatoms. The van der Waals surface area contributed by atoms with Crippen LogP contribution in [-0.4, -0.2) is 24.8 Å². The lowest BCUT2D eigenvalue weighted by Crippen LogP contribution is -2.43. The normalized spacial score (nSPS) is 35.5. The molecule has 1 aliphatic rings. The minimum atomic E-state index is 0.396. The van der Waals surface area contributed by atoms with Gasteiger partial charge >= 0.3 is 0 Å². The lowest BCUT2D eigenvalue weighted by Gasteiger charge is -2.31. The third-order valence-electron chi connectivity index (χ3n) is 4.17. The van der Waals surface area contributed by atoms with Crippen LogP contribution >= 0.6 is 0 Å². The van der Waals surface area contributed by atoms with E-state index in [0.717, 1.165) is 12.5 Å². The van der Waals surface area contributed by atoms with E-state index >= 15 is 0 Å². The highest BCUT2D eigenvalue weighted by Crippen LogP contribution is 2.36. The summed E-state index contributed by atoms with van der Waals surface area (Å²) in [5.74, 6) is 2.08. The van der Waals surface area contributed by atoms with Crippen LogP contribution < -0.4 is 5.32 Å². The molecule has 0 aromatic rings. The van der Waals surface area contributed by atoms with Crippen molar-refractivity contribution in [1.82, 2.24) is 5.32 Å². The van der Waals surface area contributed by atoms with Crippen molar-refractivity contribution in [3.8, 4) is 0 Å². The number of ether oxygens (including phenoxy) is 1. The second-order valence-corrected chi connectivity index (χ2v) is 6.17. The van der Waals surface area contributed by atoms with Gasteiger partial charge in [0.1, 0.15) is 0 Å². The second-order valence-electron chi connectivity index (χ2n) is 6.17. The van der Waals surface area contributed by atoms with Crippen LogP contribution in [-0.2, 0) is 4.74 Å². The number of rotatable bonds is 6. The molecule has 0 aliphatic carbocycles. The first-order chi connectivity index (χ1) is 7.97. The molecule has 17 heavy (non-hydrogen) atoms. The minimum Gasteiger partial charge on any atom is -0.375 e. The zero-order valence-electron chi connectivity index (χ0n) is 12.5. The van der Waals surface area contributed by atoms with E-state index in [9.17, 15) is 0 Å². The highest BCUT2D eigenvalue weighted by atomic mass is 16.5. The van der Waals surface area contributed by atoms with Gasteiger partial charge in [0.05, 0.1) is 12.2 Å². The van der Waals surface area contributed by atoms with E-state index < -0.39 is 0 Å². The summed E-state index contributed by atoms with van der Waals surface area (Å²) < 4.78 is 5.99. The van der Waals surface area contributed by atoms with Crippen molar-refractivity contribution in [2.75, 3.05) is 6.54 Å². The number of hydrogen-bond acceptors (Lipinski definition) is 2. The van der Waals surface area contributed by atoms with Crippen molar-refractivity contribution in [1.29, 1.82) is 0 Å². The van der Waals surface area contributed by atoms with Crippen LogP contribution in [0, 0.1) is 17.8 Å². The summed E-state index contributed by atoms with van der Waals surface area (Å²) >= 11 is 0. The van der Waals surface area contributed by atoms with Gasteiger partial charge in [-0.25, -0.2) is 0 Å². The smallest absolute Gasteiger partial charge is 0.0597 e. The van der Waals surface area contributed by atoms with Crippen molar-refractivity contribution in [2.24, 2.45) is 17.8 Å². The third-order valence-corrected chi connectivity index (χ3v) is 4.17. The maximum absolute atomic E-state index is 5.99. The van der Waals surface area contributed by atoms with E-state index in [4.69, 9.17) is 4.74 Å². The minimum absolute atomic E-state index is 0.396. The molecular formula is C15H31NO. The summed E-state index contributed by atoms with van der Waals surface area (Å²) in [6.45, 7) is 14.8. The molecular weight excluding hydrogens is 210 g/mol. The summed E-state index contributed by atoms with van der Waals surface area (Å²) in [5, 5.41) is 3.74. The van der Waals surface area contributed by atoms with Gasteiger partial charge in [0.25, 0.3) is 0 Å².